The molecule has 0 aliphatic carbocycles. The van der Waals surface area contributed by atoms with E-state index in [4.69, 9.17) is 14.5 Å². The van der Waals surface area contributed by atoms with Crippen molar-refractivity contribution in [2.24, 2.45) is 0 Å². The van der Waals surface area contributed by atoms with Gasteiger partial charge in [-0.15, -0.1) is 0 Å². The van der Waals surface area contributed by atoms with Gasteiger partial charge in [0.2, 0.25) is 0 Å². The molecule has 1 heterocycles. The van der Waals surface area contributed by atoms with Gasteiger partial charge in [-0.1, -0.05) is 24.3 Å². The van der Waals surface area contributed by atoms with Gasteiger partial charge < -0.3 is 9.47 Å². The molecule has 0 saturated heterocycles. The normalized spacial score (nSPS) is 12.7. The Balaban J connectivity index is 2.01. The van der Waals surface area contributed by atoms with Gasteiger partial charge in [0.1, 0.15) is 6.10 Å². The molecule has 0 radical (unpaired) electrons. The van der Waals surface area contributed by atoms with Gasteiger partial charge in [-0.05, 0) is 26.0 Å². The number of benzene rings is 1. The van der Waals surface area contributed by atoms with E-state index in [0.29, 0.717) is 6.61 Å². The van der Waals surface area contributed by atoms with Crippen LogP contribution < -0.4 is 0 Å². The van der Waals surface area contributed by atoms with Crippen LogP contribution in [0.4, 0.5) is 0 Å². The summed E-state index contributed by atoms with van der Waals surface area (Å²) in [5.74, 6) is 1.90. The third-order valence-corrected chi connectivity index (χ3v) is 4.16. The van der Waals surface area contributed by atoms with Crippen LogP contribution in [0.15, 0.2) is 36.4 Å². The smallest absolute Gasteiger partial charge is 0.108 e. The molecule has 0 spiro atoms. The molecule has 4 heteroatoms. The molecule has 1 unspecified atom stereocenters. The first-order valence-electron chi connectivity index (χ1n) is 7.48. The number of rotatable bonds is 9. The average Bonchev–Trinajstić information content (AvgIpc) is 2.53. The largest absolute Gasteiger partial charge is 0.381 e. The van der Waals surface area contributed by atoms with Crippen LogP contribution in [-0.4, -0.2) is 36.3 Å². The molecule has 0 aliphatic heterocycles. The summed E-state index contributed by atoms with van der Waals surface area (Å²) in [5.41, 5.74) is 2.04. The number of hydrogen-bond donors (Lipinski definition) is 0. The number of ether oxygens (including phenoxy) is 2. The van der Waals surface area contributed by atoms with Crippen molar-refractivity contribution in [2.75, 3.05) is 31.3 Å². The van der Waals surface area contributed by atoms with E-state index in [0.717, 1.165) is 35.9 Å². The molecule has 114 valence electrons. The number of aromatic nitrogens is 1. The number of nitrogens with zero attached hydrogens (tertiary/aromatic N) is 1. The van der Waals surface area contributed by atoms with E-state index < -0.39 is 0 Å². The zero-order valence-electron chi connectivity index (χ0n) is 12.7. The van der Waals surface area contributed by atoms with Crippen LogP contribution in [0.3, 0.4) is 0 Å². The Morgan fingerprint density at radius 2 is 1.95 bits per heavy atom. The monoisotopic (exact) mass is 305 g/mol. The number of para-hydroxylation sites is 1. The number of thioether (sulfide) groups is 1. The SMILES string of the molecule is CCOCCSCC(OCC)c1ccc2ccccc2n1. The first-order chi connectivity index (χ1) is 10.3. The van der Waals surface area contributed by atoms with E-state index in [-0.39, 0.29) is 6.10 Å². The standard InChI is InChI=1S/C17H23NO2S/c1-3-19-11-12-21-13-17(20-4-2)16-10-9-14-7-5-6-8-15(14)18-16/h5-10,17H,3-4,11-13H2,1-2H3. The minimum atomic E-state index is 0.0474. The van der Waals surface area contributed by atoms with Crippen molar-refractivity contribution in [1.29, 1.82) is 0 Å². The summed E-state index contributed by atoms with van der Waals surface area (Å²) in [6.45, 7) is 6.32. The average molecular weight is 305 g/mol. The Labute approximate surface area is 131 Å². The van der Waals surface area contributed by atoms with Gasteiger partial charge in [-0.25, -0.2) is 0 Å². The predicted octanol–water partition coefficient (Wildman–Crippen LogP) is 4.08. The van der Waals surface area contributed by atoms with Crippen molar-refractivity contribution >= 4 is 22.7 Å². The summed E-state index contributed by atoms with van der Waals surface area (Å²) < 4.78 is 11.2. The summed E-state index contributed by atoms with van der Waals surface area (Å²) in [4.78, 5) is 4.74. The Morgan fingerprint density at radius 3 is 2.76 bits per heavy atom. The zero-order chi connectivity index (χ0) is 14.9. The molecule has 1 atom stereocenters. The molecule has 0 aliphatic rings. The second-order valence-corrected chi connectivity index (χ2v) is 5.79. The summed E-state index contributed by atoms with van der Waals surface area (Å²) in [7, 11) is 0. The molecule has 3 nitrogen and oxygen atoms in total. The second-order valence-electron chi connectivity index (χ2n) is 4.64. The Kier molecular flexibility index (Phi) is 7.00. The van der Waals surface area contributed by atoms with Crippen LogP contribution in [0.5, 0.6) is 0 Å². The van der Waals surface area contributed by atoms with Gasteiger partial charge in [-0.3, -0.25) is 4.98 Å². The van der Waals surface area contributed by atoms with Crippen molar-refractivity contribution in [1.82, 2.24) is 4.98 Å². The quantitative estimate of drug-likeness (QED) is 0.653. The molecule has 1 aromatic heterocycles. The van der Waals surface area contributed by atoms with E-state index in [1.165, 1.54) is 5.39 Å². The fourth-order valence-electron chi connectivity index (χ4n) is 2.13. The predicted molar refractivity (Wildman–Crippen MR) is 89.9 cm³/mol. The lowest BCUT2D eigenvalue weighted by molar-refractivity contribution is 0.0769. The van der Waals surface area contributed by atoms with E-state index in [9.17, 15) is 0 Å². The molecule has 2 aromatic rings. The van der Waals surface area contributed by atoms with E-state index in [2.05, 4.69) is 18.2 Å². The Bertz CT molecular complexity index is 547. The fourth-order valence-corrected chi connectivity index (χ4v) is 3.02. The molecule has 0 amide bonds. The summed E-state index contributed by atoms with van der Waals surface area (Å²) in [6.07, 6.45) is 0.0474. The van der Waals surface area contributed by atoms with Gasteiger partial charge in [0.25, 0.3) is 0 Å². The van der Waals surface area contributed by atoms with Crippen molar-refractivity contribution in [3.8, 4) is 0 Å². The molecule has 0 N–H and O–H groups in total. The van der Waals surface area contributed by atoms with E-state index in [1.807, 2.05) is 43.8 Å². The van der Waals surface area contributed by atoms with Gasteiger partial charge in [0, 0.05) is 30.1 Å². The topological polar surface area (TPSA) is 31.4 Å². The number of hydrogen-bond acceptors (Lipinski definition) is 4. The van der Waals surface area contributed by atoms with Gasteiger partial charge in [-0.2, -0.15) is 11.8 Å². The maximum atomic E-state index is 5.86. The van der Waals surface area contributed by atoms with Gasteiger partial charge in [0.05, 0.1) is 17.8 Å². The maximum absolute atomic E-state index is 5.86. The third kappa shape index (κ3) is 4.99. The highest BCUT2D eigenvalue weighted by molar-refractivity contribution is 7.99. The molecule has 0 bridgehead atoms. The van der Waals surface area contributed by atoms with Crippen molar-refractivity contribution < 1.29 is 9.47 Å². The number of fused-ring (bicyclic) bond motifs is 1. The molecule has 2 rings (SSSR count). The Morgan fingerprint density at radius 1 is 1.10 bits per heavy atom. The van der Waals surface area contributed by atoms with Gasteiger partial charge >= 0.3 is 0 Å². The van der Waals surface area contributed by atoms with E-state index in [1.54, 1.807) is 0 Å². The summed E-state index contributed by atoms with van der Waals surface area (Å²) in [6, 6.07) is 12.4. The molecular weight excluding hydrogens is 282 g/mol. The van der Waals surface area contributed by atoms with Crippen LogP contribution in [0, 0.1) is 0 Å². The molecule has 0 saturated carbocycles. The summed E-state index contributed by atoms with van der Waals surface area (Å²) >= 11 is 1.85. The van der Waals surface area contributed by atoms with Gasteiger partial charge in [0.15, 0.2) is 0 Å². The second kappa shape index (κ2) is 9.03. The minimum Gasteiger partial charge on any atom is -0.381 e. The lowest BCUT2D eigenvalue weighted by Crippen LogP contribution is -2.10. The minimum absolute atomic E-state index is 0.0474. The lowest BCUT2D eigenvalue weighted by Gasteiger charge is -2.16. The van der Waals surface area contributed by atoms with Crippen LogP contribution in [-0.2, 0) is 9.47 Å². The molecule has 21 heavy (non-hydrogen) atoms. The first-order valence-corrected chi connectivity index (χ1v) is 8.63. The summed E-state index contributed by atoms with van der Waals surface area (Å²) in [5, 5.41) is 1.17. The lowest BCUT2D eigenvalue weighted by atomic mass is 10.1. The highest BCUT2D eigenvalue weighted by Gasteiger charge is 2.13. The van der Waals surface area contributed by atoms with Crippen LogP contribution >= 0.6 is 11.8 Å². The highest BCUT2D eigenvalue weighted by atomic mass is 32.2. The fraction of sp³-hybridized carbons (Fsp3) is 0.471. The molecular formula is C17H23NO2S. The molecule has 1 aromatic carbocycles. The van der Waals surface area contributed by atoms with Crippen molar-refractivity contribution in [2.45, 2.75) is 20.0 Å². The maximum Gasteiger partial charge on any atom is 0.108 e. The number of pyridine rings is 1. The first kappa shape index (κ1) is 16.3. The Hall–Kier alpha value is -1.10. The van der Waals surface area contributed by atoms with Crippen LogP contribution in [0.2, 0.25) is 0 Å². The molecule has 0 fully saturated rings. The van der Waals surface area contributed by atoms with E-state index >= 15 is 0 Å². The van der Waals surface area contributed by atoms with Crippen molar-refractivity contribution in [3.05, 3.63) is 42.1 Å². The van der Waals surface area contributed by atoms with Crippen LogP contribution in [0.25, 0.3) is 10.9 Å². The highest BCUT2D eigenvalue weighted by Crippen LogP contribution is 2.23. The zero-order valence-corrected chi connectivity index (χ0v) is 13.6. The van der Waals surface area contributed by atoms with Crippen LogP contribution in [0.1, 0.15) is 25.6 Å². The third-order valence-electron chi connectivity index (χ3n) is 3.16. The van der Waals surface area contributed by atoms with Crippen molar-refractivity contribution in [3.63, 3.8) is 0 Å².